The van der Waals surface area contributed by atoms with Crippen LogP contribution >= 0.6 is 11.8 Å². The quantitative estimate of drug-likeness (QED) is 0.341. The predicted molar refractivity (Wildman–Crippen MR) is 115 cm³/mol. The van der Waals surface area contributed by atoms with Crippen LogP contribution in [0.15, 0.2) is 64.5 Å². The predicted octanol–water partition coefficient (Wildman–Crippen LogP) is 2.16. The van der Waals surface area contributed by atoms with E-state index in [4.69, 9.17) is 4.74 Å². The number of aromatic nitrogens is 2. The van der Waals surface area contributed by atoms with Crippen LogP contribution in [-0.2, 0) is 9.53 Å². The number of rotatable bonds is 7. The van der Waals surface area contributed by atoms with Gasteiger partial charge in [0.2, 0.25) is 5.91 Å². The smallest absolute Gasteiger partial charge is 0.269 e. The van der Waals surface area contributed by atoms with E-state index in [9.17, 15) is 14.4 Å². The SMILES string of the molecule is COC[C@H](C)n1c(SCC(=O)NNC(=O)c2ccccc2)nc2ccccc2c1=O. The summed E-state index contributed by atoms with van der Waals surface area (Å²) in [5.74, 6) is -0.861. The number of hydrogen-bond donors (Lipinski definition) is 2. The molecular formula is C21H22N4O4S. The molecule has 0 saturated heterocycles. The first kappa shape index (κ1) is 21.5. The Kier molecular flexibility index (Phi) is 7.21. The van der Waals surface area contributed by atoms with Crippen LogP contribution in [0.2, 0.25) is 0 Å². The van der Waals surface area contributed by atoms with E-state index in [2.05, 4.69) is 15.8 Å². The third-order valence-corrected chi connectivity index (χ3v) is 5.26. The van der Waals surface area contributed by atoms with Gasteiger partial charge in [-0.15, -0.1) is 0 Å². The standard InChI is InChI=1S/C21H22N4O4S/c1-14(12-29-2)25-20(28)16-10-6-7-11-17(16)22-21(25)30-13-18(26)23-24-19(27)15-8-4-3-5-9-15/h3-11,14H,12-13H2,1-2H3,(H,23,26)(H,24,27)/t14-/m0/s1. The van der Waals surface area contributed by atoms with Crippen molar-refractivity contribution < 1.29 is 14.3 Å². The van der Waals surface area contributed by atoms with Gasteiger partial charge in [-0.1, -0.05) is 42.1 Å². The number of ether oxygens (including phenoxy) is 1. The molecule has 2 aromatic carbocycles. The van der Waals surface area contributed by atoms with E-state index in [0.717, 1.165) is 11.8 Å². The molecule has 3 aromatic rings. The van der Waals surface area contributed by atoms with E-state index >= 15 is 0 Å². The molecule has 2 amide bonds. The topological polar surface area (TPSA) is 102 Å². The fraction of sp³-hybridized carbons (Fsp3) is 0.238. The number of methoxy groups -OCH3 is 1. The summed E-state index contributed by atoms with van der Waals surface area (Å²) in [5.41, 5.74) is 5.55. The highest BCUT2D eigenvalue weighted by molar-refractivity contribution is 7.99. The van der Waals surface area contributed by atoms with Gasteiger partial charge in [0.25, 0.3) is 11.5 Å². The van der Waals surface area contributed by atoms with Gasteiger partial charge in [-0.25, -0.2) is 4.98 Å². The van der Waals surface area contributed by atoms with Gasteiger partial charge in [0, 0.05) is 12.7 Å². The van der Waals surface area contributed by atoms with Crippen LogP contribution in [-0.4, -0.2) is 40.8 Å². The van der Waals surface area contributed by atoms with Crippen molar-refractivity contribution in [2.75, 3.05) is 19.5 Å². The molecule has 1 heterocycles. The Morgan fingerprint density at radius 2 is 1.80 bits per heavy atom. The summed E-state index contributed by atoms with van der Waals surface area (Å²) in [7, 11) is 1.56. The number of carbonyl (C=O) groups is 2. The Morgan fingerprint density at radius 1 is 1.10 bits per heavy atom. The van der Waals surface area contributed by atoms with E-state index in [-0.39, 0.29) is 17.4 Å². The Balaban J connectivity index is 1.73. The fourth-order valence-corrected chi connectivity index (χ4v) is 3.78. The molecule has 8 nitrogen and oxygen atoms in total. The maximum atomic E-state index is 13.0. The van der Waals surface area contributed by atoms with Crippen molar-refractivity contribution in [2.24, 2.45) is 0 Å². The highest BCUT2D eigenvalue weighted by Crippen LogP contribution is 2.21. The molecule has 1 aromatic heterocycles. The molecule has 0 aliphatic rings. The monoisotopic (exact) mass is 426 g/mol. The van der Waals surface area contributed by atoms with Crippen LogP contribution < -0.4 is 16.4 Å². The lowest BCUT2D eigenvalue weighted by atomic mass is 10.2. The molecule has 0 unspecified atom stereocenters. The minimum atomic E-state index is -0.419. The number of nitrogens with zero attached hydrogens (tertiary/aromatic N) is 2. The lowest BCUT2D eigenvalue weighted by Crippen LogP contribution is -2.42. The number of fused-ring (bicyclic) bond motifs is 1. The summed E-state index contributed by atoms with van der Waals surface area (Å²) in [6.45, 7) is 2.18. The van der Waals surface area contributed by atoms with E-state index in [0.29, 0.717) is 28.2 Å². The lowest BCUT2D eigenvalue weighted by Gasteiger charge is -2.18. The van der Waals surface area contributed by atoms with Crippen molar-refractivity contribution in [2.45, 2.75) is 18.1 Å². The van der Waals surface area contributed by atoms with Gasteiger partial charge in [-0.05, 0) is 31.2 Å². The third kappa shape index (κ3) is 5.05. The van der Waals surface area contributed by atoms with Crippen molar-refractivity contribution in [3.05, 3.63) is 70.5 Å². The zero-order valence-corrected chi connectivity index (χ0v) is 17.4. The molecule has 30 heavy (non-hydrogen) atoms. The molecule has 0 bridgehead atoms. The highest BCUT2D eigenvalue weighted by atomic mass is 32.2. The maximum Gasteiger partial charge on any atom is 0.269 e. The molecule has 0 aliphatic heterocycles. The number of hydrazine groups is 1. The maximum absolute atomic E-state index is 13.0. The van der Waals surface area contributed by atoms with Crippen molar-refractivity contribution in [1.82, 2.24) is 20.4 Å². The Labute approximate surface area is 177 Å². The molecule has 0 fully saturated rings. The van der Waals surface area contributed by atoms with Crippen LogP contribution in [0.3, 0.4) is 0 Å². The molecule has 3 rings (SSSR count). The minimum absolute atomic E-state index is 0.0282. The molecule has 2 N–H and O–H groups in total. The normalized spacial score (nSPS) is 11.8. The number of benzene rings is 2. The first-order valence-corrected chi connectivity index (χ1v) is 10.3. The van der Waals surface area contributed by atoms with E-state index < -0.39 is 11.8 Å². The highest BCUT2D eigenvalue weighted by Gasteiger charge is 2.17. The average Bonchev–Trinajstić information content (AvgIpc) is 2.76. The number of amides is 2. The second kappa shape index (κ2) is 10.0. The number of carbonyl (C=O) groups excluding carboxylic acids is 2. The van der Waals surface area contributed by atoms with Gasteiger partial charge in [0.05, 0.1) is 29.3 Å². The van der Waals surface area contributed by atoms with Crippen molar-refractivity contribution >= 4 is 34.5 Å². The van der Waals surface area contributed by atoms with Gasteiger partial charge in [-0.2, -0.15) is 0 Å². The van der Waals surface area contributed by atoms with Gasteiger partial charge < -0.3 is 4.74 Å². The van der Waals surface area contributed by atoms with Crippen molar-refractivity contribution in [3.8, 4) is 0 Å². The molecule has 1 atom stereocenters. The van der Waals surface area contributed by atoms with Crippen LogP contribution in [0.5, 0.6) is 0 Å². The van der Waals surface area contributed by atoms with Gasteiger partial charge in [0.1, 0.15) is 0 Å². The largest absolute Gasteiger partial charge is 0.383 e. The first-order chi connectivity index (χ1) is 14.5. The Bertz CT molecular complexity index is 1100. The van der Waals surface area contributed by atoms with Crippen molar-refractivity contribution in [3.63, 3.8) is 0 Å². The minimum Gasteiger partial charge on any atom is -0.383 e. The summed E-state index contributed by atoms with van der Waals surface area (Å²) < 4.78 is 6.72. The number of thioether (sulfide) groups is 1. The molecule has 0 radical (unpaired) electrons. The molecular weight excluding hydrogens is 404 g/mol. The van der Waals surface area contributed by atoms with E-state index in [1.165, 1.54) is 4.57 Å². The zero-order chi connectivity index (χ0) is 21.5. The molecule has 9 heteroatoms. The molecule has 0 spiro atoms. The Morgan fingerprint density at radius 3 is 2.53 bits per heavy atom. The van der Waals surface area contributed by atoms with Crippen LogP contribution in [0, 0.1) is 0 Å². The van der Waals surface area contributed by atoms with Crippen LogP contribution in [0.25, 0.3) is 10.9 Å². The summed E-state index contributed by atoms with van der Waals surface area (Å²) in [6.07, 6.45) is 0. The number of nitrogens with one attached hydrogen (secondary N) is 2. The van der Waals surface area contributed by atoms with Crippen molar-refractivity contribution in [1.29, 1.82) is 0 Å². The summed E-state index contributed by atoms with van der Waals surface area (Å²) in [4.78, 5) is 41.8. The molecule has 0 saturated carbocycles. The fourth-order valence-electron chi connectivity index (χ4n) is 2.89. The molecule has 156 valence electrons. The van der Waals surface area contributed by atoms with E-state index in [1.54, 1.807) is 61.7 Å². The average molecular weight is 426 g/mol. The second-order valence-corrected chi connectivity index (χ2v) is 7.49. The van der Waals surface area contributed by atoms with Gasteiger partial charge >= 0.3 is 0 Å². The van der Waals surface area contributed by atoms with Gasteiger partial charge in [-0.3, -0.25) is 29.8 Å². The van der Waals surface area contributed by atoms with Crippen LogP contribution in [0.4, 0.5) is 0 Å². The Hall–Kier alpha value is -3.17. The summed E-state index contributed by atoms with van der Waals surface area (Å²) in [5, 5.41) is 0.914. The van der Waals surface area contributed by atoms with E-state index in [1.807, 2.05) is 6.92 Å². The zero-order valence-electron chi connectivity index (χ0n) is 16.6. The third-order valence-electron chi connectivity index (χ3n) is 4.31. The second-order valence-electron chi connectivity index (χ2n) is 6.55. The number of para-hydroxylation sites is 1. The van der Waals surface area contributed by atoms with Gasteiger partial charge in [0.15, 0.2) is 5.16 Å². The summed E-state index contributed by atoms with van der Waals surface area (Å²) >= 11 is 1.12. The molecule has 0 aliphatic carbocycles. The van der Waals surface area contributed by atoms with Crippen LogP contribution in [0.1, 0.15) is 23.3 Å². The summed E-state index contributed by atoms with van der Waals surface area (Å²) in [6, 6.07) is 15.4. The first-order valence-electron chi connectivity index (χ1n) is 9.28. The lowest BCUT2D eigenvalue weighted by molar-refractivity contribution is -0.119. The number of hydrogen-bond acceptors (Lipinski definition) is 6.